The van der Waals surface area contributed by atoms with Crippen LogP contribution in [0.5, 0.6) is 0 Å². The predicted molar refractivity (Wildman–Crippen MR) is 115 cm³/mol. The van der Waals surface area contributed by atoms with E-state index in [0.717, 1.165) is 28.8 Å². The first-order valence-corrected chi connectivity index (χ1v) is 10.2. The van der Waals surface area contributed by atoms with Crippen molar-refractivity contribution in [3.05, 3.63) is 57.9 Å². The van der Waals surface area contributed by atoms with Gasteiger partial charge in [0, 0.05) is 24.8 Å². The lowest BCUT2D eigenvalue weighted by atomic mass is 10.1. The number of ether oxygens (including phenoxy) is 1. The summed E-state index contributed by atoms with van der Waals surface area (Å²) in [6, 6.07) is 8.15. The van der Waals surface area contributed by atoms with E-state index in [2.05, 4.69) is 10.3 Å². The number of nitrogens with one attached hydrogen (secondary N) is 2. The van der Waals surface area contributed by atoms with Gasteiger partial charge in [0.1, 0.15) is 5.69 Å². The topological polar surface area (TPSA) is 74.4 Å². The Labute approximate surface area is 173 Å². The Hall–Kier alpha value is -2.76. The molecule has 1 heterocycles. The second kappa shape index (κ2) is 10.1. The van der Waals surface area contributed by atoms with Crippen LogP contribution in [-0.4, -0.2) is 34.5 Å². The summed E-state index contributed by atoms with van der Waals surface area (Å²) in [6.07, 6.45) is 0.860. The number of benzene rings is 1. The van der Waals surface area contributed by atoms with Gasteiger partial charge in [-0.05, 0) is 57.7 Å². The van der Waals surface area contributed by atoms with Crippen LogP contribution in [0.15, 0.2) is 24.3 Å². The Kier molecular flexibility index (Phi) is 7.88. The second-order valence-corrected chi connectivity index (χ2v) is 7.55. The van der Waals surface area contributed by atoms with Gasteiger partial charge in [0.2, 0.25) is 0 Å². The molecule has 29 heavy (non-hydrogen) atoms. The highest BCUT2D eigenvalue weighted by Gasteiger charge is 2.23. The van der Waals surface area contributed by atoms with Crippen LogP contribution >= 0.6 is 0 Å². The van der Waals surface area contributed by atoms with Crippen LogP contribution in [0.4, 0.5) is 4.79 Å². The number of hydrogen-bond acceptors (Lipinski definition) is 3. The van der Waals surface area contributed by atoms with Crippen molar-refractivity contribution >= 4 is 12.0 Å². The minimum absolute atomic E-state index is 0.0894. The molecular formula is C23H33N3O3. The van der Waals surface area contributed by atoms with E-state index in [0.29, 0.717) is 25.4 Å². The molecule has 6 heteroatoms. The van der Waals surface area contributed by atoms with Crippen molar-refractivity contribution in [1.82, 2.24) is 15.2 Å². The fourth-order valence-electron chi connectivity index (χ4n) is 3.14. The highest BCUT2D eigenvalue weighted by molar-refractivity contribution is 5.89. The summed E-state index contributed by atoms with van der Waals surface area (Å²) in [7, 11) is 0. The van der Waals surface area contributed by atoms with Crippen molar-refractivity contribution in [2.45, 2.75) is 67.1 Å². The van der Waals surface area contributed by atoms with Gasteiger partial charge in [-0.2, -0.15) is 0 Å². The Morgan fingerprint density at radius 1 is 1.10 bits per heavy atom. The molecule has 2 amide bonds. The number of aryl methyl sites for hydroxylation is 2. The van der Waals surface area contributed by atoms with Gasteiger partial charge in [-0.3, -0.25) is 0 Å². The number of amides is 2. The Balaban J connectivity index is 2.30. The number of rotatable bonds is 8. The van der Waals surface area contributed by atoms with Crippen LogP contribution < -0.4 is 5.32 Å². The first-order valence-electron chi connectivity index (χ1n) is 10.2. The van der Waals surface area contributed by atoms with Gasteiger partial charge in [0.25, 0.3) is 0 Å². The number of urea groups is 1. The molecule has 0 unspecified atom stereocenters. The minimum Gasteiger partial charge on any atom is -0.461 e. The number of hydrogen-bond donors (Lipinski definition) is 2. The lowest BCUT2D eigenvalue weighted by Gasteiger charge is -2.26. The van der Waals surface area contributed by atoms with Gasteiger partial charge in [0.15, 0.2) is 0 Å². The zero-order chi connectivity index (χ0) is 21.6. The molecule has 1 aromatic heterocycles. The lowest BCUT2D eigenvalue weighted by molar-refractivity contribution is 0.0519. The molecule has 0 saturated heterocycles. The van der Waals surface area contributed by atoms with Crippen molar-refractivity contribution in [3.63, 3.8) is 0 Å². The van der Waals surface area contributed by atoms with Crippen LogP contribution in [0.1, 0.15) is 65.6 Å². The Morgan fingerprint density at radius 3 is 2.34 bits per heavy atom. The first-order chi connectivity index (χ1) is 13.8. The Bertz CT molecular complexity index is 840. The Morgan fingerprint density at radius 2 is 1.76 bits per heavy atom. The molecule has 2 N–H and O–H groups in total. The summed E-state index contributed by atoms with van der Waals surface area (Å²) in [6.45, 7) is 12.9. The van der Waals surface area contributed by atoms with Crippen LogP contribution in [0.2, 0.25) is 0 Å². The van der Waals surface area contributed by atoms with E-state index in [-0.39, 0.29) is 18.0 Å². The van der Waals surface area contributed by atoms with Crippen LogP contribution in [0, 0.1) is 20.8 Å². The number of H-pyrrole nitrogens is 1. The maximum absolute atomic E-state index is 13.0. The molecule has 0 aliphatic rings. The fourth-order valence-corrected chi connectivity index (χ4v) is 3.14. The number of carbonyl (C=O) groups excluding carboxylic acids is 2. The van der Waals surface area contributed by atoms with Crippen LogP contribution in [-0.2, 0) is 17.8 Å². The van der Waals surface area contributed by atoms with Gasteiger partial charge in [-0.25, -0.2) is 9.59 Å². The third kappa shape index (κ3) is 5.86. The zero-order valence-electron chi connectivity index (χ0n) is 18.4. The van der Waals surface area contributed by atoms with Crippen molar-refractivity contribution in [3.8, 4) is 0 Å². The highest BCUT2D eigenvalue weighted by Crippen LogP contribution is 2.22. The second-order valence-electron chi connectivity index (χ2n) is 7.55. The average Bonchev–Trinajstić information content (AvgIpc) is 2.97. The molecule has 1 aromatic carbocycles. The number of aromatic amines is 1. The molecule has 0 fully saturated rings. The molecule has 158 valence electrons. The molecule has 0 saturated carbocycles. The van der Waals surface area contributed by atoms with Crippen molar-refractivity contribution < 1.29 is 14.3 Å². The van der Waals surface area contributed by atoms with Gasteiger partial charge in [-0.1, -0.05) is 36.8 Å². The van der Waals surface area contributed by atoms with E-state index in [9.17, 15) is 9.59 Å². The summed E-state index contributed by atoms with van der Waals surface area (Å²) in [5.74, 6) is -0.367. The largest absolute Gasteiger partial charge is 0.461 e. The maximum Gasteiger partial charge on any atom is 0.355 e. The summed E-state index contributed by atoms with van der Waals surface area (Å²) in [4.78, 5) is 30.1. The summed E-state index contributed by atoms with van der Waals surface area (Å²) in [5, 5.41) is 3.06. The average molecular weight is 400 g/mol. The normalized spacial score (nSPS) is 11.8. The highest BCUT2D eigenvalue weighted by atomic mass is 16.5. The third-order valence-electron chi connectivity index (χ3n) is 5.18. The molecule has 1 atom stereocenters. The van der Waals surface area contributed by atoms with Gasteiger partial charge in [-0.15, -0.1) is 0 Å². The van der Waals surface area contributed by atoms with E-state index < -0.39 is 0 Å². The van der Waals surface area contributed by atoms with Crippen LogP contribution in [0.25, 0.3) is 0 Å². The van der Waals surface area contributed by atoms with E-state index in [4.69, 9.17) is 4.74 Å². The van der Waals surface area contributed by atoms with Gasteiger partial charge in [0.05, 0.1) is 6.61 Å². The lowest BCUT2D eigenvalue weighted by Crippen LogP contribution is -2.43. The SMILES string of the molecule is CCOC(=O)c1[nH]c(C)c(CN(Cc2ccc(C)cc2)C(=O)N[C@@H](C)CC)c1C. The molecule has 0 spiro atoms. The molecule has 0 bridgehead atoms. The van der Waals surface area contributed by atoms with E-state index in [1.54, 1.807) is 11.8 Å². The van der Waals surface area contributed by atoms with Crippen molar-refractivity contribution in [2.75, 3.05) is 6.61 Å². The smallest absolute Gasteiger partial charge is 0.355 e. The van der Waals surface area contributed by atoms with Gasteiger partial charge >= 0.3 is 12.0 Å². The quantitative estimate of drug-likeness (QED) is 0.636. The monoisotopic (exact) mass is 399 g/mol. The zero-order valence-corrected chi connectivity index (χ0v) is 18.4. The molecular weight excluding hydrogens is 366 g/mol. The number of aromatic nitrogens is 1. The molecule has 2 rings (SSSR count). The first kappa shape index (κ1) is 22.5. The van der Waals surface area contributed by atoms with E-state index in [1.165, 1.54) is 5.56 Å². The molecule has 0 aliphatic carbocycles. The number of esters is 1. The summed E-state index contributed by atoms with van der Waals surface area (Å²) < 4.78 is 5.14. The fraction of sp³-hybridized carbons (Fsp3) is 0.478. The molecule has 0 aliphatic heterocycles. The number of carbonyl (C=O) groups is 2. The molecule has 2 aromatic rings. The van der Waals surface area contributed by atoms with E-state index >= 15 is 0 Å². The molecule has 0 radical (unpaired) electrons. The van der Waals surface area contributed by atoms with Gasteiger partial charge < -0.3 is 19.9 Å². The maximum atomic E-state index is 13.0. The third-order valence-corrected chi connectivity index (χ3v) is 5.18. The standard InChI is InChI=1S/C23H33N3O3/c1-7-16(4)24-23(28)26(13-19-11-9-15(3)10-12-19)14-20-17(5)21(25-18(20)6)22(27)29-8-2/h9-12,16,25H,7-8,13-14H2,1-6H3,(H,24,28)/t16-/m0/s1. The molecule has 6 nitrogen and oxygen atoms in total. The van der Waals surface area contributed by atoms with Crippen molar-refractivity contribution in [1.29, 1.82) is 0 Å². The summed E-state index contributed by atoms with van der Waals surface area (Å²) >= 11 is 0. The van der Waals surface area contributed by atoms with Crippen molar-refractivity contribution in [2.24, 2.45) is 0 Å². The number of nitrogens with zero attached hydrogens (tertiary/aromatic N) is 1. The van der Waals surface area contributed by atoms with Crippen LogP contribution in [0.3, 0.4) is 0 Å². The van der Waals surface area contributed by atoms with E-state index in [1.807, 2.05) is 58.9 Å². The minimum atomic E-state index is -0.367. The predicted octanol–water partition coefficient (Wildman–Crippen LogP) is 4.63. The summed E-state index contributed by atoms with van der Waals surface area (Å²) in [5.41, 5.74) is 5.34.